The van der Waals surface area contributed by atoms with Gasteiger partial charge in [-0.3, -0.25) is 9.79 Å². The lowest BCUT2D eigenvalue weighted by atomic mass is 9.97. The van der Waals surface area contributed by atoms with Crippen LogP contribution in [0.2, 0.25) is 0 Å². The van der Waals surface area contributed by atoms with Crippen LogP contribution in [-0.4, -0.2) is 49.5 Å². The summed E-state index contributed by atoms with van der Waals surface area (Å²) in [5.74, 6) is 0.161. The van der Waals surface area contributed by atoms with E-state index < -0.39 is 0 Å². The van der Waals surface area contributed by atoms with Crippen molar-refractivity contribution in [3.8, 4) is 0 Å². The van der Waals surface area contributed by atoms with Gasteiger partial charge in [0.15, 0.2) is 5.96 Å². The first kappa shape index (κ1) is 21.4. The van der Waals surface area contributed by atoms with Crippen LogP contribution in [0.3, 0.4) is 0 Å². The number of fused-ring (bicyclic) bond motifs is 1. The van der Waals surface area contributed by atoms with Crippen molar-refractivity contribution in [2.45, 2.75) is 12.3 Å². The van der Waals surface area contributed by atoms with Gasteiger partial charge in [0.05, 0.1) is 5.92 Å². The summed E-state index contributed by atoms with van der Waals surface area (Å²) in [6, 6.07) is 14.3. The van der Waals surface area contributed by atoms with Crippen LogP contribution in [-0.2, 0) is 4.79 Å². The Kier molecular flexibility index (Phi) is 6.94. The van der Waals surface area contributed by atoms with Crippen molar-refractivity contribution >= 4 is 47.2 Å². The molecule has 6 nitrogen and oxygen atoms in total. The first-order valence-corrected chi connectivity index (χ1v) is 9.57. The average Bonchev–Trinajstić information content (AvgIpc) is 3.04. The van der Waals surface area contributed by atoms with E-state index in [2.05, 4.69) is 20.1 Å². The monoisotopic (exact) mass is 509 g/mol. The number of guanidine groups is 1. The second-order valence-corrected chi connectivity index (χ2v) is 7.11. The highest BCUT2D eigenvalue weighted by Crippen LogP contribution is 2.34. The molecule has 2 aliphatic rings. The molecule has 1 amide bonds. The van der Waals surface area contributed by atoms with Crippen molar-refractivity contribution in [3.05, 3.63) is 59.9 Å². The molecule has 2 aliphatic heterocycles. The SMILES string of the molecule is I.NC(=NCCC1C(=O)Nc2ccccc21)N1CCN(c2ccc(F)cc2)CC1. The number of nitrogens with one attached hydrogen (secondary N) is 1. The molecule has 2 aromatic carbocycles. The van der Waals surface area contributed by atoms with E-state index in [4.69, 9.17) is 5.73 Å². The van der Waals surface area contributed by atoms with E-state index in [0.717, 1.165) is 43.1 Å². The van der Waals surface area contributed by atoms with Gasteiger partial charge in [-0.25, -0.2) is 4.39 Å². The molecule has 1 atom stereocenters. The zero-order chi connectivity index (χ0) is 19.5. The zero-order valence-electron chi connectivity index (χ0n) is 16.1. The number of nitrogens with two attached hydrogens (primary N) is 1. The van der Waals surface area contributed by atoms with Crippen molar-refractivity contribution < 1.29 is 9.18 Å². The highest BCUT2D eigenvalue weighted by Gasteiger charge is 2.29. The highest BCUT2D eigenvalue weighted by atomic mass is 127. The third kappa shape index (κ3) is 4.80. The largest absolute Gasteiger partial charge is 0.370 e. The van der Waals surface area contributed by atoms with Crippen LogP contribution in [0.4, 0.5) is 15.8 Å². The first-order chi connectivity index (χ1) is 13.6. The fraction of sp³-hybridized carbons (Fsp3) is 0.333. The minimum Gasteiger partial charge on any atom is -0.370 e. The Balaban J connectivity index is 0.00000240. The van der Waals surface area contributed by atoms with Crippen molar-refractivity contribution in [2.24, 2.45) is 10.7 Å². The van der Waals surface area contributed by atoms with Gasteiger partial charge in [0, 0.05) is 44.1 Å². The summed E-state index contributed by atoms with van der Waals surface area (Å²) in [6.45, 7) is 3.65. The van der Waals surface area contributed by atoms with E-state index in [1.54, 1.807) is 12.1 Å². The Morgan fingerprint density at radius 2 is 1.79 bits per heavy atom. The number of carbonyl (C=O) groups excluding carboxylic acids is 1. The molecule has 0 saturated carbocycles. The van der Waals surface area contributed by atoms with E-state index in [1.165, 1.54) is 12.1 Å². The zero-order valence-corrected chi connectivity index (χ0v) is 18.4. The molecule has 0 radical (unpaired) electrons. The fourth-order valence-corrected chi connectivity index (χ4v) is 3.82. The van der Waals surface area contributed by atoms with Crippen molar-refractivity contribution in [3.63, 3.8) is 0 Å². The van der Waals surface area contributed by atoms with E-state index >= 15 is 0 Å². The Labute approximate surface area is 187 Å². The summed E-state index contributed by atoms with van der Waals surface area (Å²) in [5.41, 5.74) is 9.12. The minimum absolute atomic E-state index is 0. The highest BCUT2D eigenvalue weighted by molar-refractivity contribution is 14.0. The molecular formula is C21H25FIN5O. The third-order valence-corrected chi connectivity index (χ3v) is 5.40. The second-order valence-electron chi connectivity index (χ2n) is 7.11. The predicted molar refractivity (Wildman–Crippen MR) is 125 cm³/mol. The Morgan fingerprint density at radius 3 is 2.52 bits per heavy atom. The molecule has 0 spiro atoms. The number of hydrogen-bond donors (Lipinski definition) is 2. The van der Waals surface area contributed by atoms with Crippen LogP contribution in [0.5, 0.6) is 0 Å². The molecule has 29 heavy (non-hydrogen) atoms. The molecule has 2 aromatic rings. The van der Waals surface area contributed by atoms with Gasteiger partial charge in [0.1, 0.15) is 5.82 Å². The molecule has 0 bridgehead atoms. The van der Waals surface area contributed by atoms with Gasteiger partial charge >= 0.3 is 0 Å². The maximum absolute atomic E-state index is 13.1. The number of carbonyl (C=O) groups is 1. The van der Waals surface area contributed by atoms with Gasteiger partial charge in [0.25, 0.3) is 0 Å². The van der Waals surface area contributed by atoms with Gasteiger partial charge in [-0.2, -0.15) is 0 Å². The van der Waals surface area contributed by atoms with Gasteiger partial charge < -0.3 is 20.9 Å². The van der Waals surface area contributed by atoms with Crippen LogP contribution in [0, 0.1) is 5.82 Å². The van der Waals surface area contributed by atoms with Crippen molar-refractivity contribution in [1.29, 1.82) is 0 Å². The number of aliphatic imine (C=N–C) groups is 1. The predicted octanol–water partition coefficient (Wildman–Crippen LogP) is 3.01. The van der Waals surface area contributed by atoms with Crippen molar-refractivity contribution in [1.82, 2.24) is 4.90 Å². The lowest BCUT2D eigenvalue weighted by Crippen LogP contribution is -2.51. The molecule has 3 N–H and O–H groups in total. The fourth-order valence-electron chi connectivity index (χ4n) is 3.82. The number of amides is 1. The van der Waals surface area contributed by atoms with E-state index in [1.807, 2.05) is 24.3 Å². The maximum atomic E-state index is 13.1. The Morgan fingerprint density at radius 1 is 1.10 bits per heavy atom. The van der Waals surface area contributed by atoms with Crippen LogP contribution >= 0.6 is 24.0 Å². The first-order valence-electron chi connectivity index (χ1n) is 9.57. The Bertz CT molecular complexity index is 881. The molecule has 8 heteroatoms. The van der Waals surface area contributed by atoms with Crippen LogP contribution in [0.1, 0.15) is 17.9 Å². The van der Waals surface area contributed by atoms with Crippen molar-refractivity contribution in [2.75, 3.05) is 42.9 Å². The summed E-state index contributed by atoms with van der Waals surface area (Å²) in [4.78, 5) is 20.9. The number of piperazine rings is 1. The Hall–Kier alpha value is -2.36. The third-order valence-electron chi connectivity index (χ3n) is 5.40. The number of anilines is 2. The molecule has 154 valence electrons. The molecule has 0 aliphatic carbocycles. The molecule has 0 aromatic heterocycles. The summed E-state index contributed by atoms with van der Waals surface area (Å²) in [6.07, 6.45) is 0.638. The smallest absolute Gasteiger partial charge is 0.232 e. The summed E-state index contributed by atoms with van der Waals surface area (Å²) < 4.78 is 13.1. The molecule has 4 rings (SSSR count). The summed E-state index contributed by atoms with van der Waals surface area (Å²) in [7, 11) is 0. The molecule has 2 heterocycles. The van der Waals surface area contributed by atoms with Gasteiger partial charge in [-0.05, 0) is 42.3 Å². The van der Waals surface area contributed by atoms with Crippen LogP contribution < -0.4 is 16.0 Å². The number of rotatable bonds is 4. The van der Waals surface area contributed by atoms with Gasteiger partial charge in [0.2, 0.25) is 5.91 Å². The minimum atomic E-state index is -0.225. The van der Waals surface area contributed by atoms with E-state index in [0.29, 0.717) is 18.9 Å². The quantitative estimate of drug-likeness (QED) is 0.378. The lowest BCUT2D eigenvalue weighted by Gasteiger charge is -2.36. The van der Waals surface area contributed by atoms with Gasteiger partial charge in [-0.1, -0.05) is 18.2 Å². The number of halogens is 2. The van der Waals surface area contributed by atoms with Crippen LogP contribution in [0.25, 0.3) is 0 Å². The number of hydrogen-bond acceptors (Lipinski definition) is 3. The molecule has 1 saturated heterocycles. The van der Waals surface area contributed by atoms with Crippen LogP contribution in [0.15, 0.2) is 53.5 Å². The summed E-state index contributed by atoms with van der Waals surface area (Å²) >= 11 is 0. The number of nitrogens with zero attached hydrogens (tertiary/aromatic N) is 3. The van der Waals surface area contributed by atoms with Gasteiger partial charge in [-0.15, -0.1) is 24.0 Å². The average molecular weight is 509 g/mol. The molecular weight excluding hydrogens is 484 g/mol. The normalized spacial score (nSPS) is 18.9. The number of para-hydroxylation sites is 1. The maximum Gasteiger partial charge on any atom is 0.232 e. The number of benzene rings is 2. The second kappa shape index (κ2) is 9.43. The standard InChI is InChI=1S/C21H24FN5O.HI/c22-15-5-7-16(8-6-15)26-11-13-27(14-12-26)21(23)24-10-9-18-17-3-1-2-4-19(17)25-20(18)28;/h1-8,18H,9-14H2,(H2,23,24)(H,25,28);1H. The van der Waals surface area contributed by atoms with E-state index in [9.17, 15) is 9.18 Å². The topological polar surface area (TPSA) is 74.0 Å². The summed E-state index contributed by atoms with van der Waals surface area (Å²) in [5, 5.41) is 2.91. The van der Waals surface area contributed by atoms with E-state index in [-0.39, 0.29) is 41.6 Å². The molecule has 1 fully saturated rings. The lowest BCUT2D eigenvalue weighted by molar-refractivity contribution is -0.117. The molecule has 1 unspecified atom stereocenters.